The summed E-state index contributed by atoms with van der Waals surface area (Å²) in [6.07, 6.45) is 81.3. The van der Waals surface area contributed by atoms with Crippen molar-refractivity contribution in [2.24, 2.45) is 0 Å². The summed E-state index contributed by atoms with van der Waals surface area (Å²) in [4.78, 5) is 12.5. The Morgan fingerprint density at radius 2 is 0.703 bits per heavy atom. The topological polar surface area (TPSA) is 69.6 Å². The maximum atomic E-state index is 12.5. The zero-order valence-electron chi connectivity index (χ0n) is 42.3. The highest BCUT2D eigenvalue weighted by Gasteiger charge is 2.17. The number of carbonyl (C=O) groups excluding carboxylic acids is 1. The van der Waals surface area contributed by atoms with Crippen molar-refractivity contribution < 1.29 is 15.0 Å². The second-order valence-corrected chi connectivity index (χ2v) is 18.2. The van der Waals surface area contributed by atoms with Crippen LogP contribution in [0.1, 0.15) is 258 Å². The van der Waals surface area contributed by atoms with Crippen molar-refractivity contribution in [3.8, 4) is 0 Å². The Hall–Kier alpha value is -2.69. The van der Waals surface area contributed by atoms with E-state index in [4.69, 9.17) is 0 Å². The van der Waals surface area contributed by atoms with Crippen molar-refractivity contribution >= 4 is 5.91 Å². The van der Waals surface area contributed by atoms with Gasteiger partial charge in [-0.15, -0.1) is 0 Å². The SMILES string of the molecule is CC/C=C\C/C=C\C/C=C\C/C=C\C/C=C\CCCCCCCCCCCCCC(=O)NC(CO)C(O)/C=C/CC/C=C/CC/C=C/CCCCCCCCCCCCCCCCC. The highest BCUT2D eigenvalue weighted by Crippen LogP contribution is 2.15. The van der Waals surface area contributed by atoms with Crippen LogP contribution in [0.15, 0.2) is 97.2 Å². The van der Waals surface area contributed by atoms with Crippen LogP contribution in [0.4, 0.5) is 0 Å². The molecule has 4 heteroatoms. The predicted octanol–water partition coefficient (Wildman–Crippen LogP) is 18.1. The molecule has 2 atom stereocenters. The van der Waals surface area contributed by atoms with E-state index in [9.17, 15) is 15.0 Å². The average Bonchev–Trinajstić information content (AvgIpc) is 3.30. The van der Waals surface area contributed by atoms with Crippen molar-refractivity contribution in [3.05, 3.63) is 97.2 Å². The minimum absolute atomic E-state index is 0.0837. The zero-order chi connectivity index (χ0) is 46.3. The van der Waals surface area contributed by atoms with E-state index in [1.807, 2.05) is 6.08 Å². The average molecular weight is 889 g/mol. The predicted molar refractivity (Wildman–Crippen MR) is 285 cm³/mol. The number of amides is 1. The van der Waals surface area contributed by atoms with Crippen LogP contribution < -0.4 is 5.32 Å². The first-order valence-corrected chi connectivity index (χ1v) is 27.5. The third-order valence-corrected chi connectivity index (χ3v) is 12.0. The molecular formula is C60H105NO3. The number of aliphatic hydroxyl groups excluding tert-OH is 2. The van der Waals surface area contributed by atoms with Crippen molar-refractivity contribution in [1.82, 2.24) is 5.32 Å². The van der Waals surface area contributed by atoms with Gasteiger partial charge in [0.2, 0.25) is 5.91 Å². The number of nitrogens with one attached hydrogen (secondary N) is 1. The standard InChI is InChI=1S/C60H105NO3/c1-3-5-7-9-11-13-15-17-19-21-23-25-27-29-30-32-34-36-38-40-42-44-46-48-50-52-54-56-60(64)61-58(57-62)59(63)55-53-51-49-47-45-43-41-39-37-35-33-31-28-26-24-22-20-18-16-14-12-10-8-6-4-2/h5,7,11,13,17,19,23,25,29-30,37,39,45,47,53,55,58-59,62-63H,3-4,6,8-10,12,14-16,18,20-22,24,26-28,31-36,38,40-44,46,48-52,54,56-57H2,1-2H3,(H,61,64)/b7-5-,13-11-,19-17-,25-23-,30-29-,39-37+,47-45+,55-53+. The summed E-state index contributed by atoms with van der Waals surface area (Å²) in [6, 6.07) is -0.654. The van der Waals surface area contributed by atoms with Crippen molar-refractivity contribution in [1.29, 1.82) is 0 Å². The van der Waals surface area contributed by atoms with Gasteiger partial charge in [0.1, 0.15) is 0 Å². The summed E-state index contributed by atoms with van der Waals surface area (Å²) in [5.41, 5.74) is 0. The lowest BCUT2D eigenvalue weighted by Crippen LogP contribution is -2.45. The highest BCUT2D eigenvalue weighted by molar-refractivity contribution is 5.76. The summed E-state index contributed by atoms with van der Waals surface area (Å²) < 4.78 is 0. The summed E-state index contributed by atoms with van der Waals surface area (Å²) in [5, 5.41) is 23.1. The minimum atomic E-state index is -0.878. The van der Waals surface area contributed by atoms with Crippen LogP contribution in [0, 0.1) is 0 Å². The normalized spacial score (nSPS) is 13.6. The third kappa shape index (κ3) is 50.3. The van der Waals surface area contributed by atoms with E-state index in [2.05, 4.69) is 104 Å². The Morgan fingerprint density at radius 3 is 1.09 bits per heavy atom. The lowest BCUT2D eigenvalue weighted by atomic mass is 10.0. The monoisotopic (exact) mass is 888 g/mol. The summed E-state index contributed by atoms with van der Waals surface area (Å²) in [6.45, 7) is 4.19. The van der Waals surface area contributed by atoms with Crippen LogP contribution in [0.5, 0.6) is 0 Å². The van der Waals surface area contributed by atoms with Crippen LogP contribution in [0.2, 0.25) is 0 Å². The first-order valence-electron chi connectivity index (χ1n) is 27.5. The van der Waals surface area contributed by atoms with Gasteiger partial charge >= 0.3 is 0 Å². The molecule has 0 saturated heterocycles. The molecule has 368 valence electrons. The molecule has 0 fully saturated rings. The lowest BCUT2D eigenvalue weighted by molar-refractivity contribution is -0.123. The van der Waals surface area contributed by atoms with Gasteiger partial charge in [-0.2, -0.15) is 0 Å². The molecule has 0 aromatic heterocycles. The first kappa shape index (κ1) is 61.3. The van der Waals surface area contributed by atoms with Gasteiger partial charge in [0.15, 0.2) is 0 Å². The van der Waals surface area contributed by atoms with Gasteiger partial charge in [0.05, 0.1) is 18.8 Å². The maximum Gasteiger partial charge on any atom is 0.220 e. The number of hydrogen-bond acceptors (Lipinski definition) is 3. The number of allylic oxidation sites excluding steroid dienone is 15. The van der Waals surface area contributed by atoms with E-state index in [1.165, 1.54) is 167 Å². The Bertz CT molecular complexity index is 1190. The maximum absolute atomic E-state index is 12.5. The molecule has 0 spiro atoms. The minimum Gasteiger partial charge on any atom is -0.394 e. The Kier molecular flexibility index (Phi) is 52.3. The van der Waals surface area contributed by atoms with E-state index in [-0.39, 0.29) is 12.5 Å². The summed E-state index contributed by atoms with van der Waals surface area (Å²) in [7, 11) is 0. The van der Waals surface area contributed by atoms with E-state index in [0.29, 0.717) is 6.42 Å². The number of unbranched alkanes of at least 4 members (excludes halogenated alkanes) is 28. The molecule has 1 amide bonds. The van der Waals surface area contributed by atoms with Crippen LogP contribution in [0.25, 0.3) is 0 Å². The molecule has 0 aromatic carbocycles. The van der Waals surface area contributed by atoms with Crippen LogP contribution >= 0.6 is 0 Å². The molecular weight excluding hydrogens is 783 g/mol. The molecule has 0 saturated carbocycles. The molecule has 0 aromatic rings. The Balaban J connectivity index is 3.61. The summed E-state index contributed by atoms with van der Waals surface area (Å²) >= 11 is 0. The molecule has 2 unspecified atom stereocenters. The van der Waals surface area contributed by atoms with Crippen LogP contribution in [-0.2, 0) is 4.79 Å². The third-order valence-electron chi connectivity index (χ3n) is 12.0. The number of aliphatic hydroxyl groups is 2. The molecule has 0 heterocycles. The van der Waals surface area contributed by atoms with Gasteiger partial charge in [-0.3, -0.25) is 4.79 Å². The quantitative estimate of drug-likeness (QED) is 0.0421. The molecule has 0 aliphatic rings. The molecule has 0 aliphatic carbocycles. The molecule has 0 rings (SSSR count). The van der Waals surface area contributed by atoms with E-state index in [0.717, 1.165) is 70.6 Å². The van der Waals surface area contributed by atoms with Gasteiger partial charge in [-0.05, 0) is 89.9 Å². The number of hydrogen-bond donors (Lipinski definition) is 3. The fourth-order valence-corrected chi connectivity index (χ4v) is 7.88. The van der Waals surface area contributed by atoms with Gasteiger partial charge in [-0.25, -0.2) is 0 Å². The highest BCUT2D eigenvalue weighted by atomic mass is 16.3. The lowest BCUT2D eigenvalue weighted by Gasteiger charge is -2.19. The first-order chi connectivity index (χ1) is 31.7. The number of rotatable bonds is 49. The van der Waals surface area contributed by atoms with Gasteiger partial charge < -0.3 is 15.5 Å². The second-order valence-electron chi connectivity index (χ2n) is 18.2. The smallest absolute Gasteiger partial charge is 0.220 e. The molecule has 0 aliphatic heterocycles. The van der Waals surface area contributed by atoms with Crippen LogP contribution in [0.3, 0.4) is 0 Å². The Morgan fingerprint density at radius 1 is 0.391 bits per heavy atom. The van der Waals surface area contributed by atoms with Crippen molar-refractivity contribution in [2.45, 2.75) is 270 Å². The molecule has 64 heavy (non-hydrogen) atoms. The van der Waals surface area contributed by atoms with Gasteiger partial charge in [-0.1, -0.05) is 259 Å². The number of carbonyl (C=O) groups is 1. The molecule has 4 nitrogen and oxygen atoms in total. The van der Waals surface area contributed by atoms with Gasteiger partial charge in [0.25, 0.3) is 0 Å². The summed E-state index contributed by atoms with van der Waals surface area (Å²) in [5.74, 6) is -0.0837. The molecule has 0 bridgehead atoms. The molecule has 0 radical (unpaired) electrons. The van der Waals surface area contributed by atoms with Crippen molar-refractivity contribution in [2.75, 3.05) is 6.61 Å². The zero-order valence-corrected chi connectivity index (χ0v) is 42.3. The van der Waals surface area contributed by atoms with E-state index >= 15 is 0 Å². The Labute approximate surface area is 398 Å². The van der Waals surface area contributed by atoms with E-state index in [1.54, 1.807) is 6.08 Å². The fraction of sp³-hybridized carbons (Fsp3) is 0.717. The van der Waals surface area contributed by atoms with Crippen LogP contribution in [-0.4, -0.2) is 34.9 Å². The van der Waals surface area contributed by atoms with Crippen molar-refractivity contribution in [3.63, 3.8) is 0 Å². The van der Waals surface area contributed by atoms with E-state index < -0.39 is 12.1 Å². The largest absolute Gasteiger partial charge is 0.394 e. The fourth-order valence-electron chi connectivity index (χ4n) is 7.88. The molecule has 3 N–H and O–H groups in total. The second kappa shape index (κ2) is 54.6. The van der Waals surface area contributed by atoms with Gasteiger partial charge in [0, 0.05) is 6.42 Å².